The molecule has 2 aromatic carbocycles. The summed E-state index contributed by atoms with van der Waals surface area (Å²) in [6.45, 7) is 45.3. The monoisotopic (exact) mass is 1630 g/mol. The third-order valence-electron chi connectivity index (χ3n) is 17.2. The number of aryl methyl sites for hydroxylation is 5. The number of benzene rings is 2. The molecule has 118 heavy (non-hydrogen) atoms. The molecule has 0 radical (unpaired) electrons. The lowest BCUT2D eigenvalue weighted by Crippen LogP contribution is -2.09. The van der Waals surface area contributed by atoms with E-state index in [1.165, 1.54) is 24.0 Å². The number of ether oxygens (including phenoxy) is 6. The molecular weight excluding hydrogens is 1530 g/mol. The molecule has 10 N–H and O–H groups in total. The Balaban J connectivity index is 0.000000185. The molecule has 0 atom stereocenters. The van der Waals surface area contributed by atoms with E-state index in [-0.39, 0.29) is 51.9 Å². The molecule has 28 nitrogen and oxygen atoms in total. The second kappa shape index (κ2) is 42.5. The van der Waals surface area contributed by atoms with E-state index in [1.807, 2.05) is 82.6 Å². The van der Waals surface area contributed by atoms with Gasteiger partial charge in [0.2, 0.25) is 0 Å². The molecule has 12 aromatic rings. The van der Waals surface area contributed by atoms with Crippen LogP contribution in [0.25, 0.3) is 17.4 Å². The summed E-state index contributed by atoms with van der Waals surface area (Å²) >= 11 is 1.67. The molecule has 0 spiro atoms. The SMILES string of the molecule is C=C(C)c1cc(Oc2cnc(C)nc2N)c(C(C)C)cn1.C=C(OCC)c1cc(Oc2cnc(C)nc2N)c(C(C)C)cn1.C=Cc1cc(Oc2cnc(C)nc2N)c(C(C)C)cn1.Cc1ncc(Oc2cc(S(=O)(=O)Cc3ccccc3)ncc2C(C)C)c(N)n1.Cc1ncc(Oc2cc(SCc3ccccc3)ncc2C(C)C)c(N)n1. The van der Waals surface area contributed by atoms with Crippen molar-refractivity contribution in [1.29, 1.82) is 0 Å². The first-order valence-corrected chi connectivity index (χ1v) is 40.6. The van der Waals surface area contributed by atoms with Gasteiger partial charge < -0.3 is 57.1 Å². The van der Waals surface area contributed by atoms with E-state index < -0.39 is 9.84 Å². The molecule has 0 saturated carbocycles. The standard InChI is InChI=1S/C20H22N4O3S.C20H22N4OS.C17H22N4O2.C16H20N4O.C15H18N4O/c1-13(2)16-10-23-19(28(25,26)12-15-7-5-4-6-8-15)9-17(16)27-18-11-22-14(3)24-20(18)21;1-13(2)16-10-23-19(26-12-15-7-5-4-6-8-15)9-17(16)25-18-11-22-14(3)24-20(18)21;1-6-22-11(4)14-7-15(13(8-20-14)10(2)3)23-16-9-19-12(5)21-17(16)18;1-9(2)12-7-19-13(10(3)4)6-14(12)21-15-8-18-11(5)20-16(15)17;1-5-11-6-13(12(7-18-11)9(2)3)20-14-8-17-10(4)19-15(14)16/h4-11,13H,12H2,1-3H3,(H2,21,22,24);4-11,13H,12H2,1-3H3,(H2,21,22,24);7-10H,4,6H2,1-3,5H3,(H2,18,19,21);6-9H,3H2,1-2,4-5H3,(H2,17,18,20);5-9H,1H2,2-4H3,(H2,16,17,19). The number of allylic oxidation sites excluding steroid dienone is 1. The van der Waals surface area contributed by atoms with E-state index in [1.54, 1.807) is 120 Å². The van der Waals surface area contributed by atoms with Gasteiger partial charge in [0.25, 0.3) is 0 Å². The van der Waals surface area contributed by atoms with Gasteiger partial charge in [0.05, 0.1) is 59.8 Å². The number of rotatable bonds is 26. The van der Waals surface area contributed by atoms with Gasteiger partial charge in [-0.15, -0.1) is 11.8 Å². The lowest BCUT2D eigenvalue weighted by Gasteiger charge is -2.16. The van der Waals surface area contributed by atoms with Gasteiger partial charge in [0.15, 0.2) is 72.7 Å². The van der Waals surface area contributed by atoms with Crippen molar-refractivity contribution in [1.82, 2.24) is 74.8 Å². The average Bonchev–Trinajstić information content (AvgIpc) is 0.827. The number of nitrogens with zero attached hydrogens (tertiary/aromatic N) is 15. The first kappa shape index (κ1) is 90.4. The van der Waals surface area contributed by atoms with Crippen LogP contribution in [0, 0.1) is 34.6 Å². The average molecular weight is 1630 g/mol. The molecule has 10 aromatic heterocycles. The number of nitrogen functional groups attached to an aromatic ring is 5. The molecule has 0 bridgehead atoms. The van der Waals surface area contributed by atoms with Gasteiger partial charge in [-0.3, -0.25) is 15.0 Å². The molecule has 0 aliphatic heterocycles. The van der Waals surface area contributed by atoms with E-state index in [9.17, 15) is 8.42 Å². The van der Waals surface area contributed by atoms with Crippen LogP contribution in [-0.2, 0) is 26.1 Å². The molecule has 616 valence electrons. The van der Waals surface area contributed by atoms with Gasteiger partial charge in [-0.25, -0.2) is 68.2 Å². The number of hydrogen-bond donors (Lipinski definition) is 5. The maximum Gasteiger partial charge on any atom is 0.199 e. The van der Waals surface area contributed by atoms with Gasteiger partial charge in [-0.1, -0.05) is 150 Å². The Morgan fingerprint density at radius 2 is 0.729 bits per heavy atom. The summed E-state index contributed by atoms with van der Waals surface area (Å²) in [5, 5.41) is 0.849. The Morgan fingerprint density at radius 1 is 0.407 bits per heavy atom. The second-order valence-corrected chi connectivity index (χ2v) is 31.4. The van der Waals surface area contributed by atoms with Crippen LogP contribution in [0.5, 0.6) is 57.5 Å². The lowest BCUT2D eigenvalue weighted by molar-refractivity contribution is 0.297. The summed E-state index contributed by atoms with van der Waals surface area (Å²) in [7, 11) is -3.64. The minimum atomic E-state index is -3.64. The minimum absolute atomic E-state index is 0.0534. The maximum absolute atomic E-state index is 12.8. The smallest absolute Gasteiger partial charge is 0.199 e. The fourth-order valence-corrected chi connectivity index (χ4v) is 12.9. The molecule has 10 heterocycles. The van der Waals surface area contributed by atoms with Crippen LogP contribution >= 0.6 is 11.8 Å². The van der Waals surface area contributed by atoms with Crippen LogP contribution in [0.15, 0.2) is 183 Å². The van der Waals surface area contributed by atoms with Crippen LogP contribution in [0.4, 0.5) is 29.1 Å². The summed E-state index contributed by atoms with van der Waals surface area (Å²) in [5.74, 6) is 12.0. The molecular formula is C88H104N20O8S2. The Bertz CT molecular complexity index is 5570. The number of aromatic nitrogens is 15. The number of hydrogen-bond acceptors (Lipinski definition) is 29. The normalized spacial score (nSPS) is 10.9. The fourth-order valence-electron chi connectivity index (χ4n) is 10.8. The van der Waals surface area contributed by atoms with Crippen molar-refractivity contribution in [3.8, 4) is 57.5 Å². The van der Waals surface area contributed by atoms with Gasteiger partial charge in [0.1, 0.15) is 69.3 Å². The maximum atomic E-state index is 12.8. The van der Waals surface area contributed by atoms with Gasteiger partial charge >= 0.3 is 0 Å². The first-order chi connectivity index (χ1) is 56.1. The topological polar surface area (TPSA) is 413 Å². The van der Waals surface area contributed by atoms with E-state index in [0.717, 1.165) is 61.3 Å². The predicted molar refractivity (Wildman–Crippen MR) is 467 cm³/mol. The van der Waals surface area contributed by atoms with E-state index in [0.29, 0.717) is 122 Å². The highest BCUT2D eigenvalue weighted by atomic mass is 32.2. The molecule has 30 heteroatoms. The highest BCUT2D eigenvalue weighted by Gasteiger charge is 2.24. The highest BCUT2D eigenvalue weighted by molar-refractivity contribution is 7.98. The number of pyridine rings is 5. The number of anilines is 5. The summed E-state index contributed by atoms with van der Waals surface area (Å²) in [6, 6.07) is 28.2. The lowest BCUT2D eigenvalue weighted by atomic mass is 10.0. The van der Waals surface area contributed by atoms with Crippen LogP contribution in [0.3, 0.4) is 0 Å². The Labute approximate surface area is 695 Å². The van der Waals surface area contributed by atoms with Gasteiger partial charge in [-0.2, -0.15) is 0 Å². The summed E-state index contributed by atoms with van der Waals surface area (Å²) in [6.07, 6.45) is 18.3. The fraction of sp³-hybridized carbons (Fsp3) is 0.284. The van der Waals surface area contributed by atoms with Crippen molar-refractivity contribution in [3.63, 3.8) is 0 Å². The molecule has 0 unspecified atom stereocenters. The van der Waals surface area contributed by atoms with Crippen molar-refractivity contribution >= 4 is 68.1 Å². The van der Waals surface area contributed by atoms with Crippen molar-refractivity contribution in [2.75, 3.05) is 35.3 Å². The van der Waals surface area contributed by atoms with Gasteiger partial charge in [-0.05, 0) is 101 Å². The van der Waals surface area contributed by atoms with Crippen molar-refractivity contribution in [3.05, 3.63) is 258 Å². The van der Waals surface area contributed by atoms with Crippen LogP contribution in [0.2, 0.25) is 0 Å². The summed E-state index contributed by atoms with van der Waals surface area (Å²) in [4.78, 5) is 63.0. The zero-order valence-electron chi connectivity index (χ0n) is 69.8. The zero-order chi connectivity index (χ0) is 86.1. The van der Waals surface area contributed by atoms with E-state index >= 15 is 0 Å². The van der Waals surface area contributed by atoms with Crippen LogP contribution < -0.4 is 52.4 Å². The Morgan fingerprint density at radius 3 is 1.08 bits per heavy atom. The van der Waals surface area contributed by atoms with Crippen molar-refractivity contribution < 1.29 is 36.8 Å². The van der Waals surface area contributed by atoms with Crippen molar-refractivity contribution in [2.24, 2.45) is 0 Å². The third-order valence-corrected chi connectivity index (χ3v) is 19.7. The van der Waals surface area contributed by atoms with Gasteiger partial charge in [0, 0.05) is 94.9 Å². The molecule has 0 saturated heterocycles. The zero-order valence-corrected chi connectivity index (χ0v) is 71.5. The number of sulfone groups is 1. The second-order valence-electron chi connectivity index (χ2n) is 28.5. The third kappa shape index (κ3) is 26.2. The summed E-state index contributed by atoms with van der Waals surface area (Å²) < 4.78 is 60.7. The Hall–Kier alpha value is -13.1. The summed E-state index contributed by atoms with van der Waals surface area (Å²) in [5.41, 5.74) is 39.3. The largest absolute Gasteiger partial charge is 0.492 e. The minimum Gasteiger partial charge on any atom is -0.492 e. The molecule has 12 rings (SSSR count). The van der Waals surface area contributed by atoms with Crippen LogP contribution in [-0.4, -0.2) is 89.8 Å². The predicted octanol–water partition coefficient (Wildman–Crippen LogP) is 19.3. The van der Waals surface area contributed by atoms with Crippen molar-refractivity contribution in [2.45, 2.75) is 169 Å². The first-order valence-electron chi connectivity index (χ1n) is 38.0. The van der Waals surface area contributed by atoms with E-state index in [2.05, 4.69) is 162 Å². The van der Waals surface area contributed by atoms with Crippen LogP contribution in [0.1, 0.15) is 198 Å². The number of thioether (sulfide) groups is 1. The Kier molecular flexibility index (Phi) is 32.6. The highest BCUT2D eigenvalue weighted by Crippen LogP contribution is 2.40. The number of nitrogens with two attached hydrogens (primary N) is 5. The molecule has 0 aliphatic carbocycles. The molecule has 0 amide bonds. The van der Waals surface area contributed by atoms with E-state index in [4.69, 9.17) is 57.1 Å². The quantitative estimate of drug-likeness (QED) is 0.0248. The molecule has 0 aliphatic rings. The molecule has 0 fully saturated rings.